The number of rotatable bonds is 1. The summed E-state index contributed by atoms with van der Waals surface area (Å²) < 4.78 is 12.6. The molecule has 0 saturated heterocycles. The lowest BCUT2D eigenvalue weighted by atomic mass is 9.43. The minimum atomic E-state index is -0.167. The number of hydrogen-bond acceptors (Lipinski definition) is 3. The first-order valence-corrected chi connectivity index (χ1v) is 27.2. The van der Waals surface area contributed by atoms with Crippen molar-refractivity contribution in [3.8, 4) is 27.9 Å². The van der Waals surface area contributed by atoms with E-state index in [4.69, 9.17) is 4.42 Å². The summed E-state index contributed by atoms with van der Waals surface area (Å²) in [6.07, 6.45) is 2.33. The molecule has 0 amide bonds. The molecule has 4 aliphatic rings. The lowest BCUT2D eigenvalue weighted by Gasteiger charge is -2.42. The van der Waals surface area contributed by atoms with Gasteiger partial charge >= 0.3 is 6.85 Å². The van der Waals surface area contributed by atoms with Gasteiger partial charge in [0.15, 0.2) is 0 Å². The van der Waals surface area contributed by atoms with Gasteiger partial charge in [-0.2, -0.15) is 0 Å². The summed E-state index contributed by atoms with van der Waals surface area (Å²) >= 11 is 1.98. The predicted molar refractivity (Wildman–Crippen MR) is 310 cm³/mol. The van der Waals surface area contributed by atoms with Crippen molar-refractivity contribution < 1.29 is 4.42 Å². The number of aromatic nitrogens is 1. The van der Waals surface area contributed by atoms with Gasteiger partial charge in [-0.3, -0.25) is 0 Å². The molecule has 3 nitrogen and oxygen atoms in total. The van der Waals surface area contributed by atoms with E-state index in [2.05, 4.69) is 220 Å². The second kappa shape index (κ2) is 13.5. The molecule has 354 valence electrons. The van der Waals surface area contributed by atoms with Crippen molar-refractivity contribution in [3.63, 3.8) is 0 Å². The molecular formula is C67H61BN2OS. The highest BCUT2D eigenvalue weighted by molar-refractivity contribution is 7.27. The molecule has 0 bridgehead atoms. The van der Waals surface area contributed by atoms with E-state index in [0.717, 1.165) is 17.6 Å². The molecule has 2 aliphatic carbocycles. The first-order chi connectivity index (χ1) is 34.2. The van der Waals surface area contributed by atoms with Crippen LogP contribution >= 0.6 is 11.3 Å². The van der Waals surface area contributed by atoms with Gasteiger partial charge in [0, 0.05) is 81.4 Å². The molecule has 72 heavy (non-hydrogen) atoms. The molecule has 5 heteroatoms. The van der Waals surface area contributed by atoms with E-state index in [1.165, 1.54) is 143 Å². The third kappa shape index (κ3) is 5.43. The minimum absolute atomic E-state index is 0.0116. The van der Waals surface area contributed by atoms with Gasteiger partial charge in [-0.15, -0.1) is 11.3 Å². The maximum absolute atomic E-state index is 7.21. The van der Waals surface area contributed by atoms with Crippen LogP contribution in [-0.4, -0.2) is 11.4 Å². The lowest BCUT2D eigenvalue weighted by Crippen LogP contribution is -2.60. The van der Waals surface area contributed by atoms with Crippen molar-refractivity contribution >= 4 is 104 Å². The third-order valence-electron chi connectivity index (χ3n) is 18.3. The molecule has 11 aromatic rings. The van der Waals surface area contributed by atoms with Crippen molar-refractivity contribution in [1.29, 1.82) is 0 Å². The Kier molecular flexibility index (Phi) is 8.10. The van der Waals surface area contributed by atoms with Gasteiger partial charge in [-0.05, 0) is 145 Å². The highest BCUT2D eigenvalue weighted by atomic mass is 32.1. The van der Waals surface area contributed by atoms with Gasteiger partial charge < -0.3 is 13.8 Å². The number of anilines is 2. The zero-order chi connectivity index (χ0) is 49.5. The standard InChI is InChI=1S/C67H61BN2OS/c1-63(2,3)36-21-24-38(25-22-36)70-52-35-55-42(43-31-48-49(34-54(43)71-55)66(9,10)28-27-65(48,7)8)30-45(52)59-60-61-57(58-40-18-14-16-20-56(40)72-62(58)59)44-29-37(64(4,5)6)23-26-51(44)69(61)53-33-47-41(32-50(53)68(60)70)39-17-13-15-19-46(39)67(47,11)12/h13-26,29-35H,27-28H2,1-12H3. The van der Waals surface area contributed by atoms with E-state index < -0.39 is 0 Å². The Bertz CT molecular complexity index is 4270. The Morgan fingerprint density at radius 3 is 1.96 bits per heavy atom. The Morgan fingerprint density at radius 1 is 0.542 bits per heavy atom. The Balaban J connectivity index is 1.16. The summed E-state index contributed by atoms with van der Waals surface area (Å²) in [4.78, 5) is 2.71. The van der Waals surface area contributed by atoms with Gasteiger partial charge in [-0.25, -0.2) is 0 Å². The zero-order valence-corrected chi connectivity index (χ0v) is 44.6. The highest BCUT2D eigenvalue weighted by Crippen LogP contribution is 2.57. The number of hydrogen-bond donors (Lipinski definition) is 0. The van der Waals surface area contributed by atoms with Gasteiger partial charge in [0.1, 0.15) is 11.2 Å². The van der Waals surface area contributed by atoms with E-state index >= 15 is 0 Å². The molecule has 0 fully saturated rings. The summed E-state index contributed by atoms with van der Waals surface area (Å²) in [5.41, 5.74) is 24.6. The smallest absolute Gasteiger partial charge is 0.333 e. The predicted octanol–water partition coefficient (Wildman–Crippen LogP) is 17.5. The second-order valence-electron chi connectivity index (χ2n) is 26.0. The van der Waals surface area contributed by atoms with Crippen molar-refractivity contribution in [2.45, 2.75) is 123 Å². The molecule has 0 spiro atoms. The monoisotopic (exact) mass is 952 g/mol. The van der Waals surface area contributed by atoms with E-state index in [1.54, 1.807) is 0 Å². The Morgan fingerprint density at radius 2 is 1.21 bits per heavy atom. The molecule has 5 heterocycles. The molecule has 15 rings (SSSR count). The minimum Gasteiger partial charge on any atom is -0.456 e. The van der Waals surface area contributed by atoms with Crippen LogP contribution in [0.25, 0.3) is 91.9 Å². The summed E-state index contributed by atoms with van der Waals surface area (Å²) in [5.74, 6) is 0. The van der Waals surface area contributed by atoms with Crippen molar-refractivity contribution in [1.82, 2.24) is 4.57 Å². The summed E-state index contributed by atoms with van der Waals surface area (Å²) in [5, 5.41) is 7.83. The average Bonchev–Trinajstić information content (AvgIpc) is 4.07. The van der Waals surface area contributed by atoms with Crippen LogP contribution in [0.4, 0.5) is 11.4 Å². The quantitative estimate of drug-likeness (QED) is 0.153. The largest absolute Gasteiger partial charge is 0.456 e. The van der Waals surface area contributed by atoms with Crippen LogP contribution in [0.3, 0.4) is 0 Å². The van der Waals surface area contributed by atoms with Crippen LogP contribution in [-0.2, 0) is 27.1 Å². The maximum Gasteiger partial charge on any atom is 0.333 e. The molecule has 0 radical (unpaired) electrons. The van der Waals surface area contributed by atoms with Gasteiger partial charge in [0.05, 0.1) is 11.0 Å². The third-order valence-corrected chi connectivity index (χ3v) is 19.5. The fourth-order valence-corrected chi connectivity index (χ4v) is 15.5. The zero-order valence-electron chi connectivity index (χ0n) is 43.8. The van der Waals surface area contributed by atoms with Crippen molar-refractivity contribution in [3.05, 3.63) is 161 Å². The van der Waals surface area contributed by atoms with Crippen LogP contribution in [0.1, 0.15) is 129 Å². The van der Waals surface area contributed by atoms with E-state index in [-0.39, 0.29) is 33.9 Å². The summed E-state index contributed by atoms with van der Waals surface area (Å²) in [7, 11) is 0. The van der Waals surface area contributed by atoms with Crippen LogP contribution in [0, 0.1) is 0 Å². The Labute approximate surface area is 427 Å². The molecular weight excluding hydrogens is 892 g/mol. The van der Waals surface area contributed by atoms with Crippen molar-refractivity contribution in [2.24, 2.45) is 0 Å². The number of nitrogens with zero attached hydrogens (tertiary/aromatic N) is 2. The summed E-state index contributed by atoms with van der Waals surface area (Å²) in [6.45, 7) is 28.5. The maximum atomic E-state index is 7.21. The van der Waals surface area contributed by atoms with Gasteiger partial charge in [0.25, 0.3) is 0 Å². The molecule has 8 aromatic carbocycles. The first kappa shape index (κ1) is 43.1. The molecule has 0 unspecified atom stereocenters. The first-order valence-electron chi connectivity index (χ1n) is 26.4. The highest BCUT2D eigenvalue weighted by Gasteiger charge is 2.48. The average molecular weight is 953 g/mol. The van der Waals surface area contributed by atoms with E-state index in [9.17, 15) is 0 Å². The lowest BCUT2D eigenvalue weighted by molar-refractivity contribution is 0.332. The Hall–Kier alpha value is -6.56. The number of thiophene rings is 1. The molecule has 3 aromatic heterocycles. The fourth-order valence-electron chi connectivity index (χ4n) is 14.2. The number of benzene rings is 8. The summed E-state index contributed by atoms with van der Waals surface area (Å²) in [6, 6.07) is 50.4. The fraction of sp³-hybridized carbons (Fsp3) is 0.284. The van der Waals surface area contributed by atoms with Gasteiger partial charge in [-0.1, -0.05) is 150 Å². The number of furan rings is 1. The van der Waals surface area contributed by atoms with E-state index in [0.29, 0.717) is 0 Å². The molecule has 0 saturated carbocycles. The van der Waals surface area contributed by atoms with Crippen LogP contribution in [0.15, 0.2) is 132 Å². The molecule has 2 aliphatic heterocycles. The number of fused-ring (bicyclic) bond motifs is 20. The van der Waals surface area contributed by atoms with Crippen LogP contribution in [0.5, 0.6) is 0 Å². The molecule has 0 N–H and O–H groups in total. The molecule has 0 atom stereocenters. The normalized spacial score (nSPS) is 17.1. The topological polar surface area (TPSA) is 21.3 Å². The van der Waals surface area contributed by atoms with Crippen LogP contribution < -0.4 is 15.7 Å². The van der Waals surface area contributed by atoms with Gasteiger partial charge in [0.2, 0.25) is 0 Å². The van der Waals surface area contributed by atoms with E-state index in [1.807, 2.05) is 11.3 Å². The second-order valence-corrected chi connectivity index (χ2v) is 27.0. The van der Waals surface area contributed by atoms with Crippen molar-refractivity contribution in [2.75, 3.05) is 4.81 Å². The van der Waals surface area contributed by atoms with Crippen LogP contribution in [0.2, 0.25) is 0 Å². The SMILES string of the molecule is CC(C)(C)c1ccc(N2B3c4cc5c(cc4-n4c6ccc(C(C)(C)C)cc6c6c7c(sc8ccccc87)c(c3c64)-c3cc4c(cc32)oc2cc3c(cc24)C(C)(C)CCC3(C)C)C(C)(C)c2ccccc2-5)cc1.